The lowest BCUT2D eigenvalue weighted by atomic mass is 10.2. The molecule has 0 atom stereocenters. The van der Waals surface area contributed by atoms with Crippen LogP contribution in [0.25, 0.3) is 0 Å². The maximum absolute atomic E-state index is 12.5. The number of nitrogens with one attached hydrogen (secondary N) is 1. The van der Waals surface area contributed by atoms with Gasteiger partial charge in [0.15, 0.2) is 0 Å². The highest BCUT2D eigenvalue weighted by atomic mass is 35.5. The van der Waals surface area contributed by atoms with Crippen molar-refractivity contribution in [3.8, 4) is 0 Å². The van der Waals surface area contributed by atoms with Gasteiger partial charge >= 0.3 is 0 Å². The topological polar surface area (TPSA) is 50.2 Å². The standard InChI is InChI=1S/C20H19ClN4O/c21-17-7-3-1-6-16(17)13-25-19(9-11-22-25)23-20(26)14-24-12-10-15-5-2-4-8-18(15)24/h1-9,11H,10,12-14H2,(H,23,26). The lowest BCUT2D eigenvalue weighted by molar-refractivity contribution is -0.115. The summed E-state index contributed by atoms with van der Waals surface area (Å²) in [4.78, 5) is 14.6. The van der Waals surface area contributed by atoms with Crippen molar-refractivity contribution in [2.45, 2.75) is 13.0 Å². The van der Waals surface area contributed by atoms with E-state index in [0.29, 0.717) is 23.9 Å². The molecule has 1 amide bonds. The van der Waals surface area contributed by atoms with E-state index in [4.69, 9.17) is 11.6 Å². The van der Waals surface area contributed by atoms with Crippen LogP contribution in [0.2, 0.25) is 5.02 Å². The number of amides is 1. The molecule has 1 aromatic heterocycles. The second-order valence-corrected chi connectivity index (χ2v) is 6.72. The summed E-state index contributed by atoms with van der Waals surface area (Å²) < 4.78 is 1.75. The number of rotatable bonds is 5. The van der Waals surface area contributed by atoms with Crippen molar-refractivity contribution < 1.29 is 4.79 Å². The van der Waals surface area contributed by atoms with Crippen molar-refractivity contribution in [3.63, 3.8) is 0 Å². The Morgan fingerprint density at radius 3 is 2.81 bits per heavy atom. The first-order valence-electron chi connectivity index (χ1n) is 8.58. The van der Waals surface area contributed by atoms with Gasteiger partial charge in [-0.05, 0) is 29.7 Å². The highest BCUT2D eigenvalue weighted by Gasteiger charge is 2.21. The molecular formula is C20H19ClN4O. The maximum atomic E-state index is 12.5. The van der Waals surface area contributed by atoms with E-state index in [1.165, 1.54) is 5.56 Å². The van der Waals surface area contributed by atoms with Crippen LogP contribution in [0, 0.1) is 0 Å². The van der Waals surface area contributed by atoms with Gasteiger partial charge < -0.3 is 10.2 Å². The Bertz CT molecular complexity index is 937. The molecule has 1 aliphatic heterocycles. The van der Waals surface area contributed by atoms with Crippen LogP contribution in [0.4, 0.5) is 11.5 Å². The van der Waals surface area contributed by atoms with Gasteiger partial charge in [-0.3, -0.25) is 4.79 Å². The first kappa shape index (κ1) is 16.7. The predicted molar refractivity (Wildman–Crippen MR) is 104 cm³/mol. The van der Waals surface area contributed by atoms with Gasteiger partial charge in [0.1, 0.15) is 5.82 Å². The molecule has 0 fully saturated rings. The van der Waals surface area contributed by atoms with Gasteiger partial charge in [-0.2, -0.15) is 5.10 Å². The Morgan fingerprint density at radius 1 is 1.12 bits per heavy atom. The van der Waals surface area contributed by atoms with Crippen molar-refractivity contribution >= 4 is 29.0 Å². The quantitative estimate of drug-likeness (QED) is 0.750. The number of para-hydroxylation sites is 1. The number of aromatic nitrogens is 2. The minimum Gasteiger partial charge on any atom is -0.362 e. The molecule has 26 heavy (non-hydrogen) atoms. The minimum atomic E-state index is -0.0531. The van der Waals surface area contributed by atoms with Crippen LogP contribution in [0.15, 0.2) is 60.8 Å². The monoisotopic (exact) mass is 366 g/mol. The number of hydrogen-bond acceptors (Lipinski definition) is 3. The number of carbonyl (C=O) groups is 1. The minimum absolute atomic E-state index is 0.0531. The maximum Gasteiger partial charge on any atom is 0.245 e. The van der Waals surface area contributed by atoms with Crippen LogP contribution >= 0.6 is 11.6 Å². The van der Waals surface area contributed by atoms with Crippen LogP contribution in [-0.4, -0.2) is 28.8 Å². The Labute approximate surface area is 157 Å². The molecule has 0 radical (unpaired) electrons. The molecule has 4 rings (SSSR count). The summed E-state index contributed by atoms with van der Waals surface area (Å²) in [5, 5.41) is 7.96. The van der Waals surface area contributed by atoms with Crippen LogP contribution in [-0.2, 0) is 17.8 Å². The number of halogens is 1. The summed E-state index contributed by atoms with van der Waals surface area (Å²) in [6, 6.07) is 17.7. The predicted octanol–water partition coefficient (Wildman–Crippen LogP) is 3.59. The SMILES string of the molecule is O=C(CN1CCc2ccccc21)Nc1ccnn1Cc1ccccc1Cl. The van der Waals surface area contributed by atoms with Crippen LogP contribution in [0.3, 0.4) is 0 Å². The molecule has 2 aromatic carbocycles. The van der Waals surface area contributed by atoms with Crippen molar-refractivity contribution in [2.75, 3.05) is 23.3 Å². The second-order valence-electron chi connectivity index (χ2n) is 6.31. The fourth-order valence-electron chi connectivity index (χ4n) is 3.28. The number of anilines is 2. The van der Waals surface area contributed by atoms with Gasteiger partial charge in [-0.25, -0.2) is 4.68 Å². The molecule has 132 valence electrons. The molecule has 3 aromatic rings. The van der Waals surface area contributed by atoms with Crippen molar-refractivity contribution in [2.24, 2.45) is 0 Å². The molecular weight excluding hydrogens is 348 g/mol. The Balaban J connectivity index is 1.43. The average Bonchev–Trinajstić information content (AvgIpc) is 3.24. The Morgan fingerprint density at radius 2 is 1.92 bits per heavy atom. The highest BCUT2D eigenvalue weighted by molar-refractivity contribution is 6.31. The molecule has 2 heterocycles. The zero-order chi connectivity index (χ0) is 17.9. The van der Waals surface area contributed by atoms with E-state index in [9.17, 15) is 4.79 Å². The third kappa shape index (κ3) is 3.44. The number of hydrogen-bond donors (Lipinski definition) is 1. The lowest BCUT2D eigenvalue weighted by Gasteiger charge is -2.19. The molecule has 5 nitrogen and oxygen atoms in total. The normalized spacial score (nSPS) is 12.9. The fourth-order valence-corrected chi connectivity index (χ4v) is 3.47. The van der Waals surface area contributed by atoms with Crippen molar-refractivity contribution in [1.29, 1.82) is 0 Å². The zero-order valence-electron chi connectivity index (χ0n) is 14.2. The van der Waals surface area contributed by atoms with E-state index in [1.807, 2.05) is 36.4 Å². The van der Waals surface area contributed by atoms with Crippen LogP contribution in [0.5, 0.6) is 0 Å². The van der Waals surface area contributed by atoms with Gasteiger partial charge in [0.2, 0.25) is 5.91 Å². The van der Waals surface area contributed by atoms with E-state index >= 15 is 0 Å². The van der Waals surface area contributed by atoms with Crippen molar-refractivity contribution in [3.05, 3.63) is 76.9 Å². The number of nitrogens with zero attached hydrogens (tertiary/aromatic N) is 3. The summed E-state index contributed by atoms with van der Waals surface area (Å²) in [7, 11) is 0. The Hall–Kier alpha value is -2.79. The second kappa shape index (κ2) is 7.22. The van der Waals surface area contributed by atoms with Gasteiger partial charge in [-0.15, -0.1) is 0 Å². The van der Waals surface area contributed by atoms with E-state index in [1.54, 1.807) is 16.9 Å². The summed E-state index contributed by atoms with van der Waals surface area (Å²) in [5.41, 5.74) is 3.40. The van der Waals surface area contributed by atoms with E-state index in [-0.39, 0.29) is 5.91 Å². The third-order valence-electron chi connectivity index (χ3n) is 4.58. The molecule has 1 aliphatic rings. The molecule has 0 bridgehead atoms. The molecule has 0 spiro atoms. The molecule has 0 aliphatic carbocycles. The van der Waals surface area contributed by atoms with E-state index < -0.39 is 0 Å². The lowest BCUT2D eigenvalue weighted by Crippen LogP contribution is -2.32. The largest absolute Gasteiger partial charge is 0.362 e. The summed E-state index contributed by atoms with van der Waals surface area (Å²) in [6.45, 7) is 1.70. The van der Waals surface area contributed by atoms with Crippen LogP contribution in [0.1, 0.15) is 11.1 Å². The first-order chi connectivity index (χ1) is 12.7. The van der Waals surface area contributed by atoms with E-state index in [0.717, 1.165) is 24.2 Å². The highest BCUT2D eigenvalue weighted by Crippen LogP contribution is 2.27. The number of fused-ring (bicyclic) bond motifs is 1. The molecule has 0 saturated carbocycles. The fraction of sp³-hybridized carbons (Fsp3) is 0.200. The summed E-state index contributed by atoms with van der Waals surface area (Å²) in [6.07, 6.45) is 2.66. The van der Waals surface area contributed by atoms with E-state index in [2.05, 4.69) is 27.4 Å². The number of benzene rings is 2. The summed E-state index contributed by atoms with van der Waals surface area (Å²) in [5.74, 6) is 0.616. The molecule has 6 heteroatoms. The summed E-state index contributed by atoms with van der Waals surface area (Å²) >= 11 is 6.23. The van der Waals surface area contributed by atoms with Gasteiger partial charge in [0, 0.05) is 23.3 Å². The Kier molecular flexibility index (Phi) is 4.63. The zero-order valence-corrected chi connectivity index (χ0v) is 15.0. The smallest absolute Gasteiger partial charge is 0.245 e. The van der Waals surface area contributed by atoms with Crippen LogP contribution < -0.4 is 10.2 Å². The first-order valence-corrected chi connectivity index (χ1v) is 8.96. The number of carbonyl (C=O) groups excluding carboxylic acids is 1. The van der Waals surface area contributed by atoms with Gasteiger partial charge in [0.05, 0.1) is 19.3 Å². The third-order valence-corrected chi connectivity index (χ3v) is 4.95. The average molecular weight is 367 g/mol. The molecule has 0 unspecified atom stereocenters. The molecule has 1 N–H and O–H groups in total. The van der Waals surface area contributed by atoms with Gasteiger partial charge in [-0.1, -0.05) is 48.0 Å². The van der Waals surface area contributed by atoms with Gasteiger partial charge in [0.25, 0.3) is 0 Å². The molecule has 0 saturated heterocycles. The van der Waals surface area contributed by atoms with Crippen molar-refractivity contribution in [1.82, 2.24) is 9.78 Å².